The van der Waals surface area contributed by atoms with Gasteiger partial charge >= 0.3 is 6.18 Å². The van der Waals surface area contributed by atoms with E-state index < -0.39 is 29.8 Å². The third kappa shape index (κ3) is 4.76. The van der Waals surface area contributed by atoms with Crippen LogP contribution in [-0.4, -0.2) is 26.8 Å². The fourth-order valence-electron chi connectivity index (χ4n) is 1.44. The van der Waals surface area contributed by atoms with Gasteiger partial charge in [0, 0.05) is 19.2 Å². The average Bonchev–Trinajstić information content (AvgIpc) is 2.34. The first-order valence-electron chi connectivity index (χ1n) is 5.52. The molecular weight excluding hydrogens is 269 g/mol. The minimum Gasteiger partial charge on any atom is -0.383 e. The fraction of sp³-hybridized carbons (Fsp3) is 0.500. The van der Waals surface area contributed by atoms with Crippen molar-refractivity contribution >= 4 is 0 Å². The molecule has 0 heterocycles. The Hall–Kier alpha value is -1.21. The number of methoxy groups -OCH3 is 1. The molecule has 0 radical (unpaired) electrons. The molecule has 108 valence electrons. The summed E-state index contributed by atoms with van der Waals surface area (Å²) in [5.41, 5.74) is -1.74. The zero-order valence-electron chi connectivity index (χ0n) is 10.2. The predicted octanol–water partition coefficient (Wildman–Crippen LogP) is 3.03. The second kappa shape index (κ2) is 6.29. The zero-order chi connectivity index (χ0) is 14.5. The lowest BCUT2D eigenvalue weighted by atomic mass is 10.0. The van der Waals surface area contributed by atoms with E-state index in [9.17, 15) is 22.0 Å². The normalized spacial score (nSPS) is 12.7. The summed E-state index contributed by atoms with van der Waals surface area (Å²) in [6, 6.07) is 3.18. The first kappa shape index (κ1) is 15.8. The smallest absolute Gasteiger partial charge is 0.383 e. The second-order valence-corrected chi connectivity index (χ2v) is 3.95. The summed E-state index contributed by atoms with van der Waals surface area (Å²) in [6.07, 6.45) is -4.63. The summed E-state index contributed by atoms with van der Waals surface area (Å²) < 4.78 is 69.3. The number of hydrogen-bond acceptors (Lipinski definition) is 2. The van der Waals surface area contributed by atoms with E-state index in [1.54, 1.807) is 0 Å². The van der Waals surface area contributed by atoms with Crippen molar-refractivity contribution in [3.8, 4) is 0 Å². The van der Waals surface area contributed by atoms with Crippen LogP contribution >= 0.6 is 0 Å². The molecule has 0 spiro atoms. The van der Waals surface area contributed by atoms with Gasteiger partial charge in [-0.05, 0) is 12.1 Å². The number of alkyl halides is 5. The Kier molecular flexibility index (Phi) is 5.25. The third-order valence-corrected chi connectivity index (χ3v) is 2.44. The molecule has 19 heavy (non-hydrogen) atoms. The molecular formula is C12H14F5NO. The van der Waals surface area contributed by atoms with Crippen LogP contribution in [0.25, 0.3) is 0 Å². The van der Waals surface area contributed by atoms with Crippen molar-refractivity contribution in [1.29, 1.82) is 0 Å². The molecule has 7 heteroatoms. The molecule has 1 aromatic carbocycles. The standard InChI is InChI=1S/C12H14F5NO/c1-19-6-5-18-8-11(13,14)9-3-2-4-10(7-9)12(15,16)17/h2-4,7,18H,5-6,8H2,1H3. The van der Waals surface area contributed by atoms with Crippen LogP contribution in [0.4, 0.5) is 22.0 Å². The lowest BCUT2D eigenvalue weighted by Gasteiger charge is -2.18. The van der Waals surface area contributed by atoms with Crippen LogP contribution in [0, 0.1) is 0 Å². The largest absolute Gasteiger partial charge is 0.416 e. The minimum absolute atomic E-state index is 0.199. The highest BCUT2D eigenvalue weighted by molar-refractivity contribution is 5.28. The van der Waals surface area contributed by atoms with Gasteiger partial charge in [-0.3, -0.25) is 0 Å². The van der Waals surface area contributed by atoms with Gasteiger partial charge in [-0.25, -0.2) is 0 Å². The molecule has 0 unspecified atom stereocenters. The van der Waals surface area contributed by atoms with Crippen molar-refractivity contribution in [3.05, 3.63) is 35.4 Å². The Labute approximate surface area is 107 Å². The van der Waals surface area contributed by atoms with Crippen LogP contribution < -0.4 is 5.32 Å². The Balaban J connectivity index is 2.77. The lowest BCUT2D eigenvalue weighted by Crippen LogP contribution is -2.32. The molecule has 0 aliphatic heterocycles. The van der Waals surface area contributed by atoms with Crippen LogP contribution in [0.1, 0.15) is 11.1 Å². The van der Waals surface area contributed by atoms with Gasteiger partial charge < -0.3 is 10.1 Å². The molecule has 0 saturated carbocycles. The van der Waals surface area contributed by atoms with Gasteiger partial charge in [0.2, 0.25) is 0 Å². The van der Waals surface area contributed by atoms with Gasteiger partial charge in [0.05, 0.1) is 18.7 Å². The highest BCUT2D eigenvalue weighted by atomic mass is 19.4. The number of hydrogen-bond donors (Lipinski definition) is 1. The van der Waals surface area contributed by atoms with Gasteiger partial charge in [0.1, 0.15) is 0 Å². The Morgan fingerprint density at radius 3 is 2.32 bits per heavy atom. The van der Waals surface area contributed by atoms with E-state index in [2.05, 4.69) is 10.1 Å². The third-order valence-electron chi connectivity index (χ3n) is 2.44. The molecule has 1 N–H and O–H groups in total. The Morgan fingerprint density at radius 1 is 1.11 bits per heavy atom. The van der Waals surface area contributed by atoms with E-state index in [0.29, 0.717) is 6.07 Å². The summed E-state index contributed by atoms with van der Waals surface area (Å²) in [6.45, 7) is -0.290. The predicted molar refractivity (Wildman–Crippen MR) is 60.1 cm³/mol. The Morgan fingerprint density at radius 2 is 1.74 bits per heavy atom. The van der Waals surface area contributed by atoms with Crippen LogP contribution in [-0.2, 0) is 16.8 Å². The van der Waals surface area contributed by atoms with E-state index in [-0.39, 0.29) is 13.2 Å². The minimum atomic E-state index is -4.63. The van der Waals surface area contributed by atoms with E-state index in [1.807, 2.05) is 0 Å². The molecule has 0 fully saturated rings. The number of rotatable bonds is 6. The van der Waals surface area contributed by atoms with Crippen LogP contribution in [0.15, 0.2) is 24.3 Å². The van der Waals surface area contributed by atoms with Crippen molar-refractivity contribution in [3.63, 3.8) is 0 Å². The van der Waals surface area contributed by atoms with Gasteiger partial charge in [0.15, 0.2) is 0 Å². The van der Waals surface area contributed by atoms with E-state index in [1.165, 1.54) is 7.11 Å². The maximum atomic E-state index is 13.7. The topological polar surface area (TPSA) is 21.3 Å². The molecule has 0 atom stereocenters. The SMILES string of the molecule is COCCNCC(F)(F)c1cccc(C(F)(F)F)c1. The maximum Gasteiger partial charge on any atom is 0.416 e. The fourth-order valence-corrected chi connectivity index (χ4v) is 1.44. The van der Waals surface area contributed by atoms with Crippen molar-refractivity contribution in [2.24, 2.45) is 0 Å². The molecule has 0 aliphatic carbocycles. The number of nitrogens with one attached hydrogen (secondary N) is 1. The monoisotopic (exact) mass is 283 g/mol. The second-order valence-electron chi connectivity index (χ2n) is 3.95. The summed E-state index contributed by atoms with van der Waals surface area (Å²) in [5, 5.41) is 2.43. The average molecular weight is 283 g/mol. The lowest BCUT2D eigenvalue weighted by molar-refractivity contribution is -0.137. The summed E-state index contributed by atoms with van der Waals surface area (Å²) in [4.78, 5) is 0. The first-order valence-corrected chi connectivity index (χ1v) is 5.52. The van der Waals surface area contributed by atoms with E-state index in [0.717, 1.165) is 18.2 Å². The van der Waals surface area contributed by atoms with Crippen LogP contribution in [0.2, 0.25) is 0 Å². The van der Waals surface area contributed by atoms with Gasteiger partial charge in [-0.2, -0.15) is 22.0 Å². The molecule has 2 nitrogen and oxygen atoms in total. The van der Waals surface area contributed by atoms with Gasteiger partial charge in [-0.1, -0.05) is 12.1 Å². The number of ether oxygens (including phenoxy) is 1. The Bertz CT molecular complexity index is 405. The molecule has 0 aliphatic rings. The summed E-state index contributed by atoms with van der Waals surface area (Å²) in [5.74, 6) is -3.37. The highest BCUT2D eigenvalue weighted by Gasteiger charge is 2.35. The summed E-state index contributed by atoms with van der Waals surface area (Å²) in [7, 11) is 1.42. The number of benzene rings is 1. The van der Waals surface area contributed by atoms with Crippen molar-refractivity contribution in [2.45, 2.75) is 12.1 Å². The van der Waals surface area contributed by atoms with Crippen LogP contribution in [0.3, 0.4) is 0 Å². The van der Waals surface area contributed by atoms with Crippen molar-refractivity contribution in [2.75, 3.05) is 26.8 Å². The molecule has 0 saturated heterocycles. The number of halogens is 5. The molecule has 1 aromatic rings. The molecule has 0 aromatic heterocycles. The van der Waals surface area contributed by atoms with Crippen molar-refractivity contribution in [1.82, 2.24) is 5.32 Å². The van der Waals surface area contributed by atoms with E-state index in [4.69, 9.17) is 0 Å². The molecule has 0 bridgehead atoms. The van der Waals surface area contributed by atoms with Gasteiger partial charge in [-0.15, -0.1) is 0 Å². The van der Waals surface area contributed by atoms with E-state index >= 15 is 0 Å². The highest BCUT2D eigenvalue weighted by Crippen LogP contribution is 2.34. The maximum absolute atomic E-state index is 13.7. The molecule has 0 amide bonds. The quantitative estimate of drug-likeness (QED) is 0.640. The van der Waals surface area contributed by atoms with Crippen LogP contribution in [0.5, 0.6) is 0 Å². The molecule has 1 rings (SSSR count). The zero-order valence-corrected chi connectivity index (χ0v) is 10.2. The van der Waals surface area contributed by atoms with Crippen molar-refractivity contribution < 1.29 is 26.7 Å². The first-order chi connectivity index (χ1) is 8.77. The summed E-state index contributed by atoms with van der Waals surface area (Å²) >= 11 is 0. The van der Waals surface area contributed by atoms with Gasteiger partial charge in [0.25, 0.3) is 5.92 Å².